The van der Waals surface area contributed by atoms with E-state index in [0.717, 1.165) is 20.3 Å². The van der Waals surface area contributed by atoms with Crippen LogP contribution in [0.5, 0.6) is 11.5 Å². The van der Waals surface area contributed by atoms with Gasteiger partial charge in [0, 0.05) is 5.56 Å². The Morgan fingerprint density at radius 2 is 1.76 bits per heavy atom. The zero-order chi connectivity index (χ0) is 16.2. The number of hydrogen-bond donors (Lipinski definition) is 0. The normalized spacial score (nSPS) is 11.0. The number of ether oxygens (including phenoxy) is 3. The highest BCUT2D eigenvalue weighted by molar-refractivity contribution is 6.40. The minimum atomic E-state index is -4.77. The van der Waals surface area contributed by atoms with Crippen LogP contribution in [0, 0.1) is 0 Å². The van der Waals surface area contributed by atoms with Crippen LogP contribution in [-0.4, -0.2) is 32.6 Å². The number of rotatable bonds is 5. The third kappa shape index (κ3) is 3.65. The van der Waals surface area contributed by atoms with Crippen molar-refractivity contribution < 1.29 is 37.0 Å². The average Bonchev–Trinajstić information content (AvgIpc) is 2.44. The lowest BCUT2D eigenvalue weighted by Gasteiger charge is -2.16. The predicted molar refractivity (Wildman–Crippen MR) is 65.5 cm³/mol. The summed E-state index contributed by atoms with van der Waals surface area (Å²) in [4.78, 5) is 23.1. The second kappa shape index (κ2) is 6.47. The van der Waals surface area contributed by atoms with Gasteiger partial charge in [-0.15, -0.1) is 0 Å². The van der Waals surface area contributed by atoms with E-state index < -0.39 is 34.8 Å². The third-order valence-electron chi connectivity index (χ3n) is 2.51. The van der Waals surface area contributed by atoms with E-state index in [9.17, 15) is 22.8 Å². The van der Waals surface area contributed by atoms with Gasteiger partial charge in [-0.3, -0.25) is 4.79 Å². The number of alkyl halides is 3. The van der Waals surface area contributed by atoms with Crippen LogP contribution < -0.4 is 9.47 Å². The molecule has 1 aromatic carbocycles. The molecule has 0 N–H and O–H groups in total. The van der Waals surface area contributed by atoms with E-state index in [-0.39, 0.29) is 12.4 Å². The highest BCUT2D eigenvalue weighted by Crippen LogP contribution is 2.42. The van der Waals surface area contributed by atoms with Gasteiger partial charge in [0.2, 0.25) is 0 Å². The zero-order valence-electron chi connectivity index (χ0n) is 11.5. The molecule has 5 nitrogen and oxygen atoms in total. The lowest BCUT2D eigenvalue weighted by Crippen LogP contribution is -2.19. The summed E-state index contributed by atoms with van der Waals surface area (Å²) >= 11 is 0. The molecule has 8 heteroatoms. The van der Waals surface area contributed by atoms with Gasteiger partial charge in [0.15, 0.2) is 11.5 Å². The first-order valence-corrected chi connectivity index (χ1v) is 5.80. The molecular weight excluding hydrogens is 293 g/mol. The van der Waals surface area contributed by atoms with Crippen molar-refractivity contribution in [1.82, 2.24) is 0 Å². The van der Waals surface area contributed by atoms with E-state index >= 15 is 0 Å². The second-order valence-electron chi connectivity index (χ2n) is 3.81. The molecule has 0 aliphatic carbocycles. The highest BCUT2D eigenvalue weighted by atomic mass is 19.4. The number of ketones is 1. The summed E-state index contributed by atoms with van der Waals surface area (Å²) in [6.07, 6.45) is -4.77. The van der Waals surface area contributed by atoms with Gasteiger partial charge in [0.05, 0.1) is 20.8 Å². The molecule has 1 aromatic rings. The van der Waals surface area contributed by atoms with Crippen molar-refractivity contribution in [2.75, 3.05) is 20.8 Å². The van der Waals surface area contributed by atoms with Gasteiger partial charge in [-0.1, -0.05) is 0 Å². The van der Waals surface area contributed by atoms with Crippen LogP contribution in [0.1, 0.15) is 22.8 Å². The molecule has 0 fully saturated rings. The van der Waals surface area contributed by atoms with Crippen LogP contribution in [0.3, 0.4) is 0 Å². The fourth-order valence-corrected chi connectivity index (χ4v) is 1.62. The molecule has 0 atom stereocenters. The fourth-order valence-electron chi connectivity index (χ4n) is 1.62. The van der Waals surface area contributed by atoms with Gasteiger partial charge in [0.1, 0.15) is 5.56 Å². The highest BCUT2D eigenvalue weighted by Gasteiger charge is 2.37. The van der Waals surface area contributed by atoms with Crippen molar-refractivity contribution in [1.29, 1.82) is 0 Å². The number of halogens is 3. The Kier molecular flexibility index (Phi) is 5.17. The van der Waals surface area contributed by atoms with Crippen molar-refractivity contribution in [3.63, 3.8) is 0 Å². The number of carbonyl (C=O) groups is 2. The summed E-state index contributed by atoms with van der Waals surface area (Å²) < 4.78 is 52.9. The molecule has 0 saturated heterocycles. The number of benzene rings is 1. The zero-order valence-corrected chi connectivity index (χ0v) is 11.5. The number of Topliss-reactive ketones (excluding diaryl/α,β-unsaturated/α-hetero) is 1. The molecule has 0 heterocycles. The minimum absolute atomic E-state index is 0.0655. The van der Waals surface area contributed by atoms with Crippen molar-refractivity contribution >= 4 is 11.8 Å². The Labute approximate surface area is 118 Å². The van der Waals surface area contributed by atoms with Gasteiger partial charge < -0.3 is 14.2 Å². The molecule has 0 unspecified atom stereocenters. The Bertz CT molecular complexity index is 551. The summed E-state index contributed by atoms with van der Waals surface area (Å²) in [6, 6.07) is 1.52. The second-order valence-corrected chi connectivity index (χ2v) is 3.81. The smallest absolute Gasteiger partial charge is 0.420 e. The molecule has 0 radical (unpaired) electrons. The molecule has 0 aliphatic heterocycles. The maximum absolute atomic E-state index is 13.0. The van der Waals surface area contributed by atoms with E-state index in [1.54, 1.807) is 0 Å². The molecule has 0 spiro atoms. The monoisotopic (exact) mass is 306 g/mol. The Morgan fingerprint density at radius 3 is 2.19 bits per heavy atom. The standard InChI is InChI=1S/C13H13F3O5/c1-4-21-12(18)10(17)7-5-8(13(14,15)16)11(20-3)9(6-7)19-2/h5-6H,4H2,1-3H3. The third-order valence-corrected chi connectivity index (χ3v) is 2.51. The minimum Gasteiger partial charge on any atom is -0.493 e. The van der Waals surface area contributed by atoms with Gasteiger partial charge in [-0.2, -0.15) is 13.2 Å². The first-order chi connectivity index (χ1) is 9.76. The molecule has 1 rings (SSSR count). The van der Waals surface area contributed by atoms with E-state index in [2.05, 4.69) is 9.47 Å². The molecule has 0 saturated carbocycles. The molecule has 0 bridgehead atoms. The molecule has 0 aliphatic rings. The summed E-state index contributed by atoms with van der Waals surface area (Å²) in [6.45, 7) is 1.41. The van der Waals surface area contributed by atoms with E-state index in [4.69, 9.17) is 4.74 Å². The van der Waals surface area contributed by atoms with E-state index in [0.29, 0.717) is 6.07 Å². The molecule has 0 aromatic heterocycles. The maximum Gasteiger partial charge on any atom is 0.420 e. The van der Waals surface area contributed by atoms with Crippen molar-refractivity contribution in [2.24, 2.45) is 0 Å². The fraction of sp³-hybridized carbons (Fsp3) is 0.385. The average molecular weight is 306 g/mol. The van der Waals surface area contributed by atoms with Gasteiger partial charge in [-0.05, 0) is 19.1 Å². The van der Waals surface area contributed by atoms with Crippen LogP contribution >= 0.6 is 0 Å². The quantitative estimate of drug-likeness (QED) is 0.475. The first kappa shape index (κ1) is 16.8. The molecule has 21 heavy (non-hydrogen) atoms. The van der Waals surface area contributed by atoms with Crippen LogP contribution in [0.4, 0.5) is 13.2 Å². The summed E-state index contributed by atoms with van der Waals surface area (Å²) in [5.41, 5.74) is -1.70. The molecule has 116 valence electrons. The maximum atomic E-state index is 13.0. The van der Waals surface area contributed by atoms with Crippen molar-refractivity contribution in [2.45, 2.75) is 13.1 Å². The Balaban J connectivity index is 3.43. The first-order valence-electron chi connectivity index (χ1n) is 5.80. The number of methoxy groups -OCH3 is 2. The number of hydrogen-bond acceptors (Lipinski definition) is 5. The molecular formula is C13H13F3O5. The topological polar surface area (TPSA) is 61.8 Å². The Morgan fingerprint density at radius 1 is 1.14 bits per heavy atom. The summed E-state index contributed by atoms with van der Waals surface area (Å²) in [7, 11) is 2.16. The molecule has 0 amide bonds. The number of esters is 1. The SMILES string of the molecule is CCOC(=O)C(=O)c1cc(OC)c(OC)c(C(F)(F)F)c1. The lowest BCUT2D eigenvalue weighted by molar-refractivity contribution is -0.139. The largest absolute Gasteiger partial charge is 0.493 e. The number of carbonyl (C=O) groups excluding carboxylic acids is 2. The summed E-state index contributed by atoms with van der Waals surface area (Å²) in [5.74, 6) is -3.30. The van der Waals surface area contributed by atoms with Crippen molar-refractivity contribution in [3.05, 3.63) is 23.3 Å². The predicted octanol–water partition coefficient (Wildman–Crippen LogP) is 2.47. The van der Waals surface area contributed by atoms with Crippen LogP contribution in [-0.2, 0) is 15.7 Å². The Hall–Kier alpha value is -2.25. The van der Waals surface area contributed by atoms with Gasteiger partial charge >= 0.3 is 12.1 Å². The van der Waals surface area contributed by atoms with E-state index in [1.807, 2.05) is 0 Å². The van der Waals surface area contributed by atoms with Gasteiger partial charge in [-0.25, -0.2) is 4.79 Å². The van der Waals surface area contributed by atoms with Crippen LogP contribution in [0.25, 0.3) is 0 Å². The lowest BCUT2D eigenvalue weighted by atomic mass is 10.0. The van der Waals surface area contributed by atoms with E-state index in [1.165, 1.54) is 6.92 Å². The van der Waals surface area contributed by atoms with Crippen molar-refractivity contribution in [3.8, 4) is 11.5 Å². The van der Waals surface area contributed by atoms with Crippen LogP contribution in [0.15, 0.2) is 12.1 Å². The van der Waals surface area contributed by atoms with Crippen LogP contribution in [0.2, 0.25) is 0 Å². The summed E-state index contributed by atoms with van der Waals surface area (Å²) in [5, 5.41) is 0. The van der Waals surface area contributed by atoms with Gasteiger partial charge in [0.25, 0.3) is 5.78 Å².